The second kappa shape index (κ2) is 6.68. The SMILES string of the molecule is CN(C(=O)C1CCN(CCN)CC1)c1ccccc1. The van der Waals surface area contributed by atoms with Crippen LogP contribution < -0.4 is 10.6 Å². The van der Waals surface area contributed by atoms with E-state index in [-0.39, 0.29) is 11.8 Å². The van der Waals surface area contributed by atoms with Crippen LogP contribution in [0.4, 0.5) is 5.69 Å². The summed E-state index contributed by atoms with van der Waals surface area (Å²) in [5.41, 5.74) is 6.53. The quantitative estimate of drug-likeness (QED) is 0.889. The maximum atomic E-state index is 12.4. The van der Waals surface area contributed by atoms with Crippen molar-refractivity contribution in [2.75, 3.05) is 38.1 Å². The summed E-state index contributed by atoms with van der Waals surface area (Å²) in [6.07, 6.45) is 1.88. The Morgan fingerprint density at radius 2 is 1.95 bits per heavy atom. The predicted octanol–water partition coefficient (Wildman–Crippen LogP) is 1.32. The van der Waals surface area contributed by atoms with Gasteiger partial charge in [0.15, 0.2) is 0 Å². The van der Waals surface area contributed by atoms with Crippen molar-refractivity contribution in [3.8, 4) is 0 Å². The van der Waals surface area contributed by atoms with Crippen LogP contribution in [-0.4, -0.2) is 44.0 Å². The average Bonchev–Trinajstić information content (AvgIpc) is 2.48. The van der Waals surface area contributed by atoms with Crippen LogP contribution in [0, 0.1) is 5.92 Å². The minimum absolute atomic E-state index is 0.152. The van der Waals surface area contributed by atoms with Crippen molar-refractivity contribution in [2.24, 2.45) is 11.7 Å². The Kier molecular flexibility index (Phi) is 4.93. The van der Waals surface area contributed by atoms with E-state index in [1.807, 2.05) is 37.4 Å². The fraction of sp³-hybridized carbons (Fsp3) is 0.533. The van der Waals surface area contributed by atoms with Crippen LogP contribution in [0.3, 0.4) is 0 Å². The Labute approximate surface area is 115 Å². The van der Waals surface area contributed by atoms with Gasteiger partial charge in [-0.3, -0.25) is 4.79 Å². The molecule has 0 bridgehead atoms. The molecule has 0 radical (unpaired) electrons. The van der Waals surface area contributed by atoms with Gasteiger partial charge in [-0.25, -0.2) is 0 Å². The van der Waals surface area contributed by atoms with E-state index < -0.39 is 0 Å². The van der Waals surface area contributed by atoms with Crippen molar-refractivity contribution in [3.63, 3.8) is 0 Å². The molecule has 0 aromatic heterocycles. The molecule has 0 unspecified atom stereocenters. The lowest BCUT2D eigenvalue weighted by Crippen LogP contribution is -2.42. The second-order valence-corrected chi connectivity index (χ2v) is 5.14. The molecule has 1 heterocycles. The first-order valence-corrected chi connectivity index (χ1v) is 6.97. The van der Waals surface area contributed by atoms with Crippen LogP contribution in [0.25, 0.3) is 0 Å². The van der Waals surface area contributed by atoms with E-state index in [0.717, 1.165) is 38.2 Å². The van der Waals surface area contributed by atoms with Gasteiger partial charge in [-0.2, -0.15) is 0 Å². The fourth-order valence-electron chi connectivity index (χ4n) is 2.64. The molecule has 104 valence electrons. The lowest BCUT2D eigenvalue weighted by Gasteiger charge is -2.32. The number of rotatable bonds is 4. The third-order valence-electron chi connectivity index (χ3n) is 3.86. The van der Waals surface area contributed by atoms with E-state index in [1.165, 1.54) is 0 Å². The number of para-hydroxylation sites is 1. The zero-order chi connectivity index (χ0) is 13.7. The van der Waals surface area contributed by atoms with Crippen LogP contribution in [0.2, 0.25) is 0 Å². The summed E-state index contributed by atoms with van der Waals surface area (Å²) in [5, 5.41) is 0. The number of nitrogens with two attached hydrogens (primary N) is 1. The van der Waals surface area contributed by atoms with Gasteiger partial charge in [0.2, 0.25) is 5.91 Å². The molecule has 1 aromatic carbocycles. The number of carbonyl (C=O) groups excluding carboxylic acids is 1. The van der Waals surface area contributed by atoms with E-state index in [4.69, 9.17) is 5.73 Å². The third kappa shape index (κ3) is 3.55. The van der Waals surface area contributed by atoms with Crippen molar-refractivity contribution in [1.82, 2.24) is 4.90 Å². The average molecular weight is 261 g/mol. The zero-order valence-corrected chi connectivity index (χ0v) is 11.6. The minimum Gasteiger partial charge on any atom is -0.329 e. The molecule has 2 rings (SSSR count). The number of piperidine rings is 1. The van der Waals surface area contributed by atoms with Crippen molar-refractivity contribution >= 4 is 11.6 Å². The maximum Gasteiger partial charge on any atom is 0.229 e. The summed E-state index contributed by atoms with van der Waals surface area (Å²) in [6.45, 7) is 3.60. The van der Waals surface area contributed by atoms with Gasteiger partial charge in [0.1, 0.15) is 0 Å². The van der Waals surface area contributed by atoms with Crippen LogP contribution in [-0.2, 0) is 4.79 Å². The van der Waals surface area contributed by atoms with E-state index in [0.29, 0.717) is 6.54 Å². The van der Waals surface area contributed by atoms with Crippen LogP contribution in [0.15, 0.2) is 30.3 Å². The molecule has 0 atom stereocenters. The van der Waals surface area contributed by atoms with Crippen LogP contribution in [0.5, 0.6) is 0 Å². The molecule has 1 amide bonds. The highest BCUT2D eigenvalue weighted by Gasteiger charge is 2.27. The van der Waals surface area contributed by atoms with Gasteiger partial charge in [-0.1, -0.05) is 18.2 Å². The Morgan fingerprint density at radius 3 is 2.53 bits per heavy atom. The topological polar surface area (TPSA) is 49.6 Å². The molecule has 4 heteroatoms. The lowest BCUT2D eigenvalue weighted by molar-refractivity contribution is -0.123. The number of hydrogen-bond acceptors (Lipinski definition) is 3. The Morgan fingerprint density at radius 1 is 1.32 bits per heavy atom. The zero-order valence-electron chi connectivity index (χ0n) is 11.6. The molecule has 4 nitrogen and oxygen atoms in total. The summed E-state index contributed by atoms with van der Waals surface area (Å²) < 4.78 is 0. The van der Waals surface area contributed by atoms with Gasteiger partial charge in [-0.15, -0.1) is 0 Å². The largest absolute Gasteiger partial charge is 0.329 e. The Balaban J connectivity index is 1.91. The first-order chi connectivity index (χ1) is 9.22. The number of likely N-dealkylation sites (tertiary alicyclic amines) is 1. The summed E-state index contributed by atoms with van der Waals surface area (Å²) >= 11 is 0. The lowest BCUT2D eigenvalue weighted by atomic mass is 9.95. The maximum absolute atomic E-state index is 12.4. The summed E-state index contributed by atoms with van der Waals surface area (Å²) in [5.74, 6) is 0.387. The highest BCUT2D eigenvalue weighted by Crippen LogP contribution is 2.22. The minimum atomic E-state index is 0.152. The monoisotopic (exact) mass is 261 g/mol. The Bertz CT molecular complexity index is 399. The van der Waals surface area contributed by atoms with Crippen molar-refractivity contribution < 1.29 is 4.79 Å². The van der Waals surface area contributed by atoms with Crippen molar-refractivity contribution in [3.05, 3.63) is 30.3 Å². The van der Waals surface area contributed by atoms with Gasteiger partial charge in [0, 0.05) is 31.7 Å². The Hall–Kier alpha value is -1.39. The van der Waals surface area contributed by atoms with Gasteiger partial charge in [0.25, 0.3) is 0 Å². The molecular weight excluding hydrogens is 238 g/mol. The predicted molar refractivity (Wildman–Crippen MR) is 78.1 cm³/mol. The first kappa shape index (κ1) is 14.0. The molecule has 19 heavy (non-hydrogen) atoms. The number of amides is 1. The van der Waals surface area contributed by atoms with E-state index in [1.54, 1.807) is 4.90 Å². The van der Waals surface area contributed by atoms with Gasteiger partial charge in [-0.05, 0) is 38.1 Å². The van der Waals surface area contributed by atoms with E-state index in [2.05, 4.69) is 4.90 Å². The highest BCUT2D eigenvalue weighted by molar-refractivity contribution is 5.94. The number of nitrogens with zero attached hydrogens (tertiary/aromatic N) is 2. The smallest absolute Gasteiger partial charge is 0.229 e. The van der Waals surface area contributed by atoms with Gasteiger partial charge >= 0.3 is 0 Å². The second-order valence-electron chi connectivity index (χ2n) is 5.14. The molecule has 1 aromatic rings. The fourth-order valence-corrected chi connectivity index (χ4v) is 2.64. The molecule has 1 aliphatic rings. The first-order valence-electron chi connectivity index (χ1n) is 6.97. The number of hydrogen-bond donors (Lipinski definition) is 1. The van der Waals surface area contributed by atoms with Crippen molar-refractivity contribution in [1.29, 1.82) is 0 Å². The van der Waals surface area contributed by atoms with Gasteiger partial charge < -0.3 is 15.5 Å². The van der Waals surface area contributed by atoms with Gasteiger partial charge in [0.05, 0.1) is 0 Å². The van der Waals surface area contributed by atoms with E-state index >= 15 is 0 Å². The summed E-state index contributed by atoms with van der Waals surface area (Å²) in [4.78, 5) is 16.6. The summed E-state index contributed by atoms with van der Waals surface area (Å²) in [7, 11) is 1.87. The standard InChI is InChI=1S/C15H23N3O/c1-17(14-5-3-2-4-6-14)15(19)13-7-10-18(11-8-13)12-9-16/h2-6,13H,7-12,16H2,1H3. The molecule has 1 fully saturated rings. The van der Waals surface area contributed by atoms with Crippen LogP contribution >= 0.6 is 0 Å². The van der Waals surface area contributed by atoms with E-state index in [9.17, 15) is 4.79 Å². The molecule has 0 saturated carbocycles. The molecule has 1 saturated heterocycles. The highest BCUT2D eigenvalue weighted by atomic mass is 16.2. The molecular formula is C15H23N3O. The van der Waals surface area contributed by atoms with Crippen molar-refractivity contribution in [2.45, 2.75) is 12.8 Å². The third-order valence-corrected chi connectivity index (χ3v) is 3.86. The summed E-state index contributed by atoms with van der Waals surface area (Å²) in [6, 6.07) is 9.84. The number of carbonyl (C=O) groups is 1. The molecule has 0 spiro atoms. The number of benzene rings is 1. The normalized spacial score (nSPS) is 17.4. The molecule has 0 aliphatic carbocycles. The molecule has 2 N–H and O–H groups in total. The number of anilines is 1. The van der Waals surface area contributed by atoms with Crippen LogP contribution in [0.1, 0.15) is 12.8 Å². The molecule has 1 aliphatic heterocycles.